The van der Waals surface area contributed by atoms with Crippen LogP contribution in [0.15, 0.2) is 18.3 Å². The van der Waals surface area contributed by atoms with E-state index in [0.717, 1.165) is 25.3 Å². The number of piperazine rings is 1. The predicted octanol–water partition coefficient (Wildman–Crippen LogP) is 1.50. The average molecular weight is 262 g/mol. The third kappa shape index (κ3) is 3.45. The van der Waals surface area contributed by atoms with Gasteiger partial charge in [-0.1, -0.05) is 6.07 Å². The predicted molar refractivity (Wildman–Crippen MR) is 80.5 cm³/mol. The van der Waals surface area contributed by atoms with Crippen molar-refractivity contribution in [2.24, 2.45) is 5.73 Å². The van der Waals surface area contributed by atoms with Crippen molar-refractivity contribution in [3.8, 4) is 0 Å². The summed E-state index contributed by atoms with van der Waals surface area (Å²) in [5.74, 6) is 1.08. The Morgan fingerprint density at radius 1 is 1.32 bits per heavy atom. The summed E-state index contributed by atoms with van der Waals surface area (Å²) in [5.41, 5.74) is 7.03. The fourth-order valence-electron chi connectivity index (χ4n) is 2.69. The van der Waals surface area contributed by atoms with Crippen molar-refractivity contribution in [1.82, 2.24) is 9.88 Å². The molecular weight excluding hydrogens is 236 g/mol. The Bertz CT molecular complexity index is 389. The number of rotatable bonds is 3. The fraction of sp³-hybridized carbons (Fsp3) is 0.667. The van der Waals surface area contributed by atoms with E-state index in [1.54, 1.807) is 0 Å². The van der Waals surface area contributed by atoms with Crippen LogP contribution in [-0.4, -0.2) is 48.1 Å². The summed E-state index contributed by atoms with van der Waals surface area (Å²) in [5, 5.41) is 0. The van der Waals surface area contributed by atoms with Crippen molar-refractivity contribution < 1.29 is 0 Å². The zero-order chi connectivity index (χ0) is 14.0. The van der Waals surface area contributed by atoms with Crippen molar-refractivity contribution in [2.45, 2.75) is 45.3 Å². The molecule has 0 amide bonds. The van der Waals surface area contributed by atoms with Gasteiger partial charge in [-0.05, 0) is 45.9 Å². The number of pyridine rings is 1. The third-order valence-electron chi connectivity index (χ3n) is 4.05. The molecule has 4 heteroatoms. The highest BCUT2D eigenvalue weighted by Gasteiger charge is 2.26. The van der Waals surface area contributed by atoms with Gasteiger partial charge in [0.25, 0.3) is 0 Å². The molecule has 1 fully saturated rings. The second-order valence-electron chi connectivity index (χ2n) is 5.97. The monoisotopic (exact) mass is 262 g/mol. The van der Waals surface area contributed by atoms with Gasteiger partial charge >= 0.3 is 0 Å². The van der Waals surface area contributed by atoms with E-state index in [1.807, 2.05) is 13.1 Å². The fourth-order valence-corrected chi connectivity index (χ4v) is 2.69. The lowest BCUT2D eigenvalue weighted by Gasteiger charge is -2.43. The molecule has 0 aromatic carbocycles. The maximum atomic E-state index is 5.81. The number of hydrogen-bond acceptors (Lipinski definition) is 4. The van der Waals surface area contributed by atoms with Crippen molar-refractivity contribution in [3.63, 3.8) is 0 Å². The molecule has 0 bridgehead atoms. The Kier molecular flexibility index (Phi) is 4.42. The quantitative estimate of drug-likeness (QED) is 0.896. The van der Waals surface area contributed by atoms with Gasteiger partial charge in [0.2, 0.25) is 0 Å². The standard InChI is InChI=1S/C15H26N4/c1-11(16)7-14-5-6-15(17-8-14)19-9-12(2)18(4)13(3)10-19/h5-6,8,11-13H,7,9-10,16H2,1-4H3. The molecule has 3 atom stereocenters. The molecule has 1 aromatic rings. The lowest BCUT2D eigenvalue weighted by atomic mass is 10.1. The average Bonchev–Trinajstić information content (AvgIpc) is 2.35. The second kappa shape index (κ2) is 5.88. The molecule has 1 aromatic heterocycles. The summed E-state index contributed by atoms with van der Waals surface area (Å²) in [6, 6.07) is 5.60. The van der Waals surface area contributed by atoms with E-state index in [4.69, 9.17) is 5.73 Å². The molecule has 1 saturated heterocycles. The first kappa shape index (κ1) is 14.3. The Labute approximate surface area is 116 Å². The van der Waals surface area contributed by atoms with Gasteiger partial charge in [-0.25, -0.2) is 4.98 Å². The molecule has 3 unspecified atom stereocenters. The van der Waals surface area contributed by atoms with E-state index in [0.29, 0.717) is 12.1 Å². The molecule has 0 saturated carbocycles. The number of nitrogens with two attached hydrogens (primary N) is 1. The zero-order valence-electron chi connectivity index (χ0n) is 12.5. The van der Waals surface area contributed by atoms with Crippen LogP contribution in [0.4, 0.5) is 5.82 Å². The molecule has 0 aliphatic carbocycles. The van der Waals surface area contributed by atoms with Crippen LogP contribution in [0.25, 0.3) is 0 Å². The second-order valence-corrected chi connectivity index (χ2v) is 5.97. The molecule has 106 valence electrons. The highest BCUT2D eigenvalue weighted by molar-refractivity contribution is 5.40. The van der Waals surface area contributed by atoms with E-state index in [9.17, 15) is 0 Å². The van der Waals surface area contributed by atoms with Gasteiger partial charge in [0.1, 0.15) is 5.82 Å². The molecule has 2 rings (SSSR count). The SMILES string of the molecule is CC(N)Cc1ccc(N2CC(C)N(C)C(C)C2)nc1. The summed E-state index contributed by atoms with van der Waals surface area (Å²) < 4.78 is 0. The number of aromatic nitrogens is 1. The Morgan fingerprint density at radius 3 is 2.42 bits per heavy atom. The van der Waals surface area contributed by atoms with Crippen LogP contribution in [0.1, 0.15) is 26.3 Å². The van der Waals surface area contributed by atoms with Crippen LogP contribution in [0.3, 0.4) is 0 Å². The van der Waals surface area contributed by atoms with Crippen LogP contribution >= 0.6 is 0 Å². The van der Waals surface area contributed by atoms with Crippen LogP contribution in [0.2, 0.25) is 0 Å². The largest absolute Gasteiger partial charge is 0.354 e. The Balaban J connectivity index is 2.06. The van der Waals surface area contributed by atoms with Gasteiger partial charge in [0.15, 0.2) is 0 Å². The van der Waals surface area contributed by atoms with Crippen molar-refractivity contribution in [2.75, 3.05) is 25.0 Å². The number of anilines is 1. The van der Waals surface area contributed by atoms with E-state index in [2.05, 4.69) is 47.8 Å². The highest BCUT2D eigenvalue weighted by Crippen LogP contribution is 2.19. The van der Waals surface area contributed by atoms with Crippen molar-refractivity contribution in [1.29, 1.82) is 0 Å². The van der Waals surface area contributed by atoms with Gasteiger partial charge in [-0.3, -0.25) is 4.90 Å². The maximum Gasteiger partial charge on any atom is 0.128 e. The zero-order valence-corrected chi connectivity index (χ0v) is 12.5. The van der Waals surface area contributed by atoms with Crippen LogP contribution in [-0.2, 0) is 6.42 Å². The first-order valence-corrected chi connectivity index (χ1v) is 7.14. The minimum absolute atomic E-state index is 0.191. The Hall–Kier alpha value is -1.13. The smallest absolute Gasteiger partial charge is 0.128 e. The molecule has 1 aliphatic heterocycles. The minimum atomic E-state index is 0.191. The molecule has 4 nitrogen and oxygen atoms in total. The number of likely N-dealkylation sites (N-methyl/N-ethyl adjacent to an activating group) is 1. The molecule has 2 N–H and O–H groups in total. The molecule has 1 aliphatic rings. The first-order valence-electron chi connectivity index (χ1n) is 7.14. The van der Waals surface area contributed by atoms with Gasteiger partial charge in [-0.15, -0.1) is 0 Å². The first-order chi connectivity index (χ1) is 8.97. The third-order valence-corrected chi connectivity index (χ3v) is 4.05. The van der Waals surface area contributed by atoms with Crippen LogP contribution in [0.5, 0.6) is 0 Å². The summed E-state index contributed by atoms with van der Waals surface area (Å²) in [6.45, 7) is 8.65. The van der Waals surface area contributed by atoms with E-state index >= 15 is 0 Å². The van der Waals surface area contributed by atoms with Crippen LogP contribution in [0, 0.1) is 0 Å². The summed E-state index contributed by atoms with van der Waals surface area (Å²) >= 11 is 0. The van der Waals surface area contributed by atoms with Gasteiger partial charge in [0, 0.05) is 37.4 Å². The summed E-state index contributed by atoms with van der Waals surface area (Å²) in [7, 11) is 2.20. The number of hydrogen-bond donors (Lipinski definition) is 1. The van der Waals surface area contributed by atoms with Crippen molar-refractivity contribution >= 4 is 5.82 Å². The summed E-state index contributed by atoms with van der Waals surface area (Å²) in [6.07, 6.45) is 2.86. The molecule has 19 heavy (non-hydrogen) atoms. The minimum Gasteiger partial charge on any atom is -0.354 e. The Morgan fingerprint density at radius 2 is 1.95 bits per heavy atom. The van der Waals surface area contributed by atoms with E-state index < -0.39 is 0 Å². The van der Waals surface area contributed by atoms with E-state index in [-0.39, 0.29) is 6.04 Å². The maximum absolute atomic E-state index is 5.81. The molecule has 0 radical (unpaired) electrons. The van der Waals surface area contributed by atoms with Gasteiger partial charge < -0.3 is 10.6 Å². The molecule has 0 spiro atoms. The van der Waals surface area contributed by atoms with Gasteiger partial charge in [-0.2, -0.15) is 0 Å². The topological polar surface area (TPSA) is 45.4 Å². The van der Waals surface area contributed by atoms with E-state index in [1.165, 1.54) is 5.56 Å². The van der Waals surface area contributed by atoms with Crippen molar-refractivity contribution in [3.05, 3.63) is 23.9 Å². The normalized spacial score (nSPS) is 26.5. The lowest BCUT2D eigenvalue weighted by Crippen LogP contribution is -2.55. The van der Waals surface area contributed by atoms with Gasteiger partial charge in [0.05, 0.1) is 0 Å². The highest BCUT2D eigenvalue weighted by atomic mass is 15.3. The lowest BCUT2D eigenvalue weighted by molar-refractivity contribution is 0.169. The molecular formula is C15H26N4. The summed E-state index contributed by atoms with van der Waals surface area (Å²) in [4.78, 5) is 9.41. The number of nitrogens with zero attached hydrogens (tertiary/aromatic N) is 3. The van der Waals surface area contributed by atoms with Crippen LogP contribution < -0.4 is 10.6 Å². The molecule has 2 heterocycles.